The van der Waals surface area contributed by atoms with Gasteiger partial charge < -0.3 is 5.32 Å². The molecule has 0 aliphatic rings. The zero-order valence-corrected chi connectivity index (χ0v) is 9.69. The van der Waals surface area contributed by atoms with Gasteiger partial charge in [0.1, 0.15) is 13.1 Å². The van der Waals surface area contributed by atoms with Crippen molar-refractivity contribution in [2.75, 3.05) is 0 Å². The average molecular weight is 212 g/mol. The highest BCUT2D eigenvalue weighted by atomic mass is 14.8. The summed E-state index contributed by atoms with van der Waals surface area (Å²) in [6.07, 6.45) is 0. The smallest absolute Gasteiger partial charge is 0.101 e. The minimum absolute atomic E-state index is 1.05. The van der Waals surface area contributed by atoms with Crippen LogP contribution < -0.4 is 5.32 Å². The predicted octanol–water partition coefficient (Wildman–Crippen LogP) is 2.26. The van der Waals surface area contributed by atoms with E-state index in [9.17, 15) is 0 Å². The summed E-state index contributed by atoms with van der Waals surface area (Å²) in [6, 6.07) is 19.3. The normalized spacial score (nSPS) is 10.3. The number of rotatable bonds is 4. The first kappa shape index (κ1) is 10.9. The van der Waals surface area contributed by atoms with E-state index in [2.05, 4.69) is 66.8 Å². The van der Waals surface area contributed by atoms with Crippen molar-refractivity contribution in [2.24, 2.45) is 0 Å². The minimum Gasteiger partial charge on any atom is -0.339 e. The summed E-state index contributed by atoms with van der Waals surface area (Å²) in [5.74, 6) is 0. The van der Waals surface area contributed by atoms with E-state index in [-0.39, 0.29) is 0 Å². The van der Waals surface area contributed by atoms with Crippen LogP contribution in [0.15, 0.2) is 54.6 Å². The summed E-state index contributed by atoms with van der Waals surface area (Å²) in [4.78, 5) is 0. The maximum atomic E-state index is 2.34. The van der Waals surface area contributed by atoms with Crippen LogP contribution >= 0.6 is 0 Å². The molecule has 0 saturated heterocycles. The Morgan fingerprint density at radius 1 is 0.812 bits per heavy atom. The largest absolute Gasteiger partial charge is 0.339 e. The van der Waals surface area contributed by atoms with Crippen molar-refractivity contribution in [3.05, 3.63) is 71.3 Å². The van der Waals surface area contributed by atoms with Gasteiger partial charge in [0.15, 0.2) is 0 Å². The van der Waals surface area contributed by atoms with Crippen LogP contribution in [0.1, 0.15) is 16.7 Å². The molecular formula is C15H18N+. The molecule has 2 N–H and O–H groups in total. The van der Waals surface area contributed by atoms with E-state index >= 15 is 0 Å². The molecule has 0 heterocycles. The molecule has 0 aromatic heterocycles. The van der Waals surface area contributed by atoms with Gasteiger partial charge in [0.2, 0.25) is 0 Å². The zero-order chi connectivity index (χ0) is 11.2. The van der Waals surface area contributed by atoms with Gasteiger partial charge >= 0.3 is 0 Å². The van der Waals surface area contributed by atoms with Gasteiger partial charge in [-0.1, -0.05) is 60.2 Å². The van der Waals surface area contributed by atoms with Crippen LogP contribution in [-0.4, -0.2) is 0 Å². The topological polar surface area (TPSA) is 16.6 Å². The highest BCUT2D eigenvalue weighted by Crippen LogP contribution is 2.01. The van der Waals surface area contributed by atoms with Crippen LogP contribution in [0.3, 0.4) is 0 Å². The Morgan fingerprint density at radius 2 is 1.50 bits per heavy atom. The van der Waals surface area contributed by atoms with Crippen molar-refractivity contribution in [2.45, 2.75) is 20.0 Å². The molecule has 82 valence electrons. The Bertz CT molecular complexity index is 434. The van der Waals surface area contributed by atoms with E-state index in [4.69, 9.17) is 0 Å². The molecular weight excluding hydrogens is 194 g/mol. The van der Waals surface area contributed by atoms with Gasteiger partial charge in [-0.3, -0.25) is 0 Å². The average Bonchev–Trinajstić information content (AvgIpc) is 2.30. The molecule has 0 unspecified atom stereocenters. The molecule has 0 bridgehead atoms. The van der Waals surface area contributed by atoms with E-state index in [1.165, 1.54) is 16.7 Å². The number of quaternary nitrogens is 1. The third kappa shape index (κ3) is 3.21. The summed E-state index contributed by atoms with van der Waals surface area (Å²) >= 11 is 0. The van der Waals surface area contributed by atoms with Crippen LogP contribution in [0.4, 0.5) is 0 Å². The van der Waals surface area contributed by atoms with Crippen LogP contribution in [-0.2, 0) is 13.1 Å². The van der Waals surface area contributed by atoms with Gasteiger partial charge in [0.25, 0.3) is 0 Å². The monoisotopic (exact) mass is 212 g/mol. The Kier molecular flexibility index (Phi) is 3.73. The highest BCUT2D eigenvalue weighted by Gasteiger charge is 1.96. The molecule has 16 heavy (non-hydrogen) atoms. The number of nitrogens with two attached hydrogens (primary N) is 1. The molecule has 2 aromatic rings. The number of hydrogen-bond donors (Lipinski definition) is 1. The second-order valence-electron chi connectivity index (χ2n) is 4.17. The van der Waals surface area contributed by atoms with Gasteiger partial charge in [-0.25, -0.2) is 0 Å². The second kappa shape index (κ2) is 5.47. The number of benzene rings is 2. The van der Waals surface area contributed by atoms with E-state index < -0.39 is 0 Å². The van der Waals surface area contributed by atoms with E-state index in [1.807, 2.05) is 0 Å². The molecule has 0 atom stereocenters. The van der Waals surface area contributed by atoms with Crippen LogP contribution in [0.5, 0.6) is 0 Å². The second-order valence-corrected chi connectivity index (χ2v) is 4.17. The Balaban J connectivity index is 1.85. The van der Waals surface area contributed by atoms with Crippen molar-refractivity contribution in [3.63, 3.8) is 0 Å². The van der Waals surface area contributed by atoms with Gasteiger partial charge in [-0.15, -0.1) is 0 Å². The van der Waals surface area contributed by atoms with Crippen molar-refractivity contribution in [3.8, 4) is 0 Å². The minimum atomic E-state index is 1.05. The summed E-state index contributed by atoms with van der Waals surface area (Å²) in [5, 5.41) is 2.34. The molecule has 1 nitrogen and oxygen atoms in total. The van der Waals surface area contributed by atoms with Crippen LogP contribution in [0.25, 0.3) is 0 Å². The summed E-state index contributed by atoms with van der Waals surface area (Å²) in [7, 11) is 0. The standard InChI is InChI=1S/C15H17N/c1-13-6-5-9-15(10-13)12-16-11-14-7-3-2-4-8-14/h2-10,16H,11-12H2,1H3/p+1. The summed E-state index contributed by atoms with van der Waals surface area (Å²) in [6.45, 7) is 4.24. The third-order valence-electron chi connectivity index (χ3n) is 2.69. The lowest BCUT2D eigenvalue weighted by atomic mass is 10.1. The molecule has 0 radical (unpaired) electrons. The fourth-order valence-corrected chi connectivity index (χ4v) is 1.86. The molecule has 1 heteroatoms. The van der Waals surface area contributed by atoms with E-state index in [0.717, 1.165) is 13.1 Å². The number of hydrogen-bond acceptors (Lipinski definition) is 0. The maximum Gasteiger partial charge on any atom is 0.101 e. The fourth-order valence-electron chi connectivity index (χ4n) is 1.86. The number of aryl methyl sites for hydroxylation is 1. The Morgan fingerprint density at radius 3 is 2.25 bits per heavy atom. The molecule has 0 saturated carbocycles. The first-order chi connectivity index (χ1) is 7.84. The molecule has 0 spiro atoms. The molecule has 0 aliphatic carbocycles. The van der Waals surface area contributed by atoms with Crippen molar-refractivity contribution >= 4 is 0 Å². The lowest BCUT2D eigenvalue weighted by Gasteiger charge is -2.03. The van der Waals surface area contributed by atoms with Crippen LogP contribution in [0.2, 0.25) is 0 Å². The fraction of sp³-hybridized carbons (Fsp3) is 0.200. The molecule has 2 rings (SSSR count). The first-order valence-electron chi connectivity index (χ1n) is 5.76. The van der Waals surface area contributed by atoms with E-state index in [0.29, 0.717) is 0 Å². The molecule has 0 fully saturated rings. The highest BCUT2D eigenvalue weighted by molar-refractivity contribution is 5.21. The predicted molar refractivity (Wildman–Crippen MR) is 67.0 cm³/mol. The van der Waals surface area contributed by atoms with Crippen molar-refractivity contribution in [1.82, 2.24) is 0 Å². The Labute approximate surface area is 97.1 Å². The summed E-state index contributed by atoms with van der Waals surface area (Å²) in [5.41, 5.74) is 4.12. The molecule has 2 aromatic carbocycles. The lowest BCUT2D eigenvalue weighted by Crippen LogP contribution is -2.80. The van der Waals surface area contributed by atoms with E-state index in [1.54, 1.807) is 0 Å². The van der Waals surface area contributed by atoms with Crippen molar-refractivity contribution < 1.29 is 5.32 Å². The zero-order valence-electron chi connectivity index (χ0n) is 9.69. The molecule has 0 amide bonds. The van der Waals surface area contributed by atoms with Gasteiger partial charge in [0.05, 0.1) is 0 Å². The van der Waals surface area contributed by atoms with Crippen LogP contribution in [0, 0.1) is 6.92 Å². The first-order valence-corrected chi connectivity index (χ1v) is 5.76. The third-order valence-corrected chi connectivity index (χ3v) is 2.69. The lowest BCUT2D eigenvalue weighted by molar-refractivity contribution is -0.686. The molecule has 0 aliphatic heterocycles. The quantitative estimate of drug-likeness (QED) is 0.800. The van der Waals surface area contributed by atoms with Gasteiger partial charge in [0, 0.05) is 11.1 Å². The van der Waals surface area contributed by atoms with Gasteiger partial charge in [-0.05, 0) is 6.92 Å². The van der Waals surface area contributed by atoms with Crippen molar-refractivity contribution in [1.29, 1.82) is 0 Å². The Hall–Kier alpha value is -1.60. The summed E-state index contributed by atoms with van der Waals surface area (Å²) < 4.78 is 0. The SMILES string of the molecule is Cc1cccc(C[NH2+]Cc2ccccc2)c1. The maximum absolute atomic E-state index is 2.34. The van der Waals surface area contributed by atoms with Gasteiger partial charge in [-0.2, -0.15) is 0 Å².